The highest BCUT2D eigenvalue weighted by molar-refractivity contribution is 7.99. The average Bonchev–Trinajstić information content (AvgIpc) is 3.29. The fraction of sp³-hybridized carbons (Fsp3) is 0.136. The maximum Gasteiger partial charge on any atom is 0.274 e. The van der Waals surface area contributed by atoms with E-state index in [1.54, 1.807) is 49.4 Å². The number of carbonyl (C=O) groups is 1. The highest BCUT2D eigenvalue weighted by atomic mass is 32.2. The molecule has 0 aliphatic heterocycles. The molecule has 32 heavy (non-hydrogen) atoms. The first-order valence-corrected chi connectivity index (χ1v) is 10.6. The molecule has 2 aromatic carbocycles. The molecule has 9 nitrogen and oxygen atoms in total. The molecule has 2 aromatic heterocycles. The van der Waals surface area contributed by atoms with Crippen LogP contribution in [0.1, 0.15) is 11.3 Å². The standard InChI is InChI=1S/C22H18N4O5S/c1-14-17(9-4-10-19(14)26(29)30)23-20(27)13-32-22-24-18-8-3-2-7-16(18)21(28)25(22)12-15-6-5-11-31-15/h2-11H,12-13H2,1H3,(H,23,27). The van der Waals surface area contributed by atoms with Crippen LogP contribution in [0.15, 0.2) is 75.2 Å². The number of hydrogen-bond acceptors (Lipinski definition) is 7. The van der Waals surface area contributed by atoms with Gasteiger partial charge in [-0.2, -0.15) is 0 Å². The Kier molecular flexibility index (Phi) is 6.04. The van der Waals surface area contributed by atoms with Crippen LogP contribution in [0.2, 0.25) is 0 Å². The topological polar surface area (TPSA) is 120 Å². The van der Waals surface area contributed by atoms with Crippen molar-refractivity contribution in [2.45, 2.75) is 18.6 Å². The van der Waals surface area contributed by atoms with Crippen LogP contribution in [-0.4, -0.2) is 26.1 Å². The van der Waals surface area contributed by atoms with Crippen LogP contribution in [0.3, 0.4) is 0 Å². The molecule has 0 saturated carbocycles. The number of nitrogens with zero attached hydrogens (tertiary/aromatic N) is 3. The molecule has 162 valence electrons. The first-order valence-electron chi connectivity index (χ1n) is 9.62. The Morgan fingerprint density at radius 2 is 2.00 bits per heavy atom. The molecule has 0 aliphatic rings. The third kappa shape index (κ3) is 4.40. The predicted molar refractivity (Wildman–Crippen MR) is 121 cm³/mol. The second-order valence-corrected chi connectivity index (χ2v) is 7.87. The number of nitro benzene ring substituents is 1. The van der Waals surface area contributed by atoms with Gasteiger partial charge in [-0.1, -0.05) is 30.0 Å². The quantitative estimate of drug-likeness (QED) is 0.196. The molecule has 0 spiro atoms. The second kappa shape index (κ2) is 9.06. The summed E-state index contributed by atoms with van der Waals surface area (Å²) in [5.74, 6) is 0.179. The zero-order valence-corrected chi connectivity index (χ0v) is 17.8. The highest BCUT2D eigenvalue weighted by Crippen LogP contribution is 2.26. The number of furan rings is 1. The lowest BCUT2D eigenvalue weighted by Gasteiger charge is -2.12. The number of fused-ring (bicyclic) bond motifs is 1. The molecule has 0 fully saturated rings. The summed E-state index contributed by atoms with van der Waals surface area (Å²) in [7, 11) is 0. The van der Waals surface area contributed by atoms with E-state index in [4.69, 9.17) is 4.42 Å². The zero-order valence-electron chi connectivity index (χ0n) is 17.0. The molecular formula is C22H18N4O5S. The molecule has 0 bridgehead atoms. The lowest BCUT2D eigenvalue weighted by atomic mass is 10.1. The number of thioether (sulfide) groups is 1. The number of nitrogens with one attached hydrogen (secondary N) is 1. The first-order chi connectivity index (χ1) is 15.4. The SMILES string of the molecule is Cc1c(NC(=O)CSc2nc3ccccc3c(=O)n2Cc2ccco2)cccc1[N+](=O)[O-]. The Bertz CT molecular complexity index is 1360. The van der Waals surface area contributed by atoms with Gasteiger partial charge in [0.1, 0.15) is 5.76 Å². The second-order valence-electron chi connectivity index (χ2n) is 6.93. The third-order valence-corrected chi connectivity index (χ3v) is 5.81. The molecule has 1 amide bonds. The smallest absolute Gasteiger partial charge is 0.274 e. The number of rotatable bonds is 7. The van der Waals surface area contributed by atoms with Gasteiger partial charge in [0.2, 0.25) is 5.91 Å². The van der Waals surface area contributed by atoms with Gasteiger partial charge >= 0.3 is 0 Å². The Balaban J connectivity index is 1.59. The summed E-state index contributed by atoms with van der Waals surface area (Å²) in [4.78, 5) is 40.8. The minimum Gasteiger partial charge on any atom is -0.467 e. The van der Waals surface area contributed by atoms with Crippen molar-refractivity contribution in [3.05, 3.63) is 92.7 Å². The van der Waals surface area contributed by atoms with Crippen molar-refractivity contribution in [2.75, 3.05) is 11.1 Å². The molecule has 2 heterocycles. The molecule has 4 rings (SSSR count). The van der Waals surface area contributed by atoms with Gasteiger partial charge in [0.25, 0.3) is 11.2 Å². The number of hydrogen-bond donors (Lipinski definition) is 1. The van der Waals surface area contributed by atoms with Crippen LogP contribution in [0.25, 0.3) is 10.9 Å². The maximum absolute atomic E-state index is 13.1. The van der Waals surface area contributed by atoms with Crippen LogP contribution < -0.4 is 10.9 Å². The number of nitro groups is 1. The van der Waals surface area contributed by atoms with Gasteiger partial charge in [0.05, 0.1) is 45.6 Å². The van der Waals surface area contributed by atoms with E-state index in [2.05, 4.69) is 10.3 Å². The highest BCUT2D eigenvalue weighted by Gasteiger charge is 2.17. The van der Waals surface area contributed by atoms with Gasteiger partial charge in [0, 0.05) is 6.07 Å². The van der Waals surface area contributed by atoms with E-state index in [1.807, 2.05) is 0 Å². The van der Waals surface area contributed by atoms with Gasteiger partial charge in [-0.05, 0) is 37.3 Å². The van der Waals surface area contributed by atoms with E-state index in [9.17, 15) is 19.7 Å². The minimum absolute atomic E-state index is 0.0366. The minimum atomic E-state index is -0.494. The molecule has 0 unspecified atom stereocenters. The molecule has 0 radical (unpaired) electrons. The van der Waals surface area contributed by atoms with Crippen molar-refractivity contribution in [3.63, 3.8) is 0 Å². The zero-order chi connectivity index (χ0) is 22.7. The van der Waals surface area contributed by atoms with Gasteiger partial charge in [0.15, 0.2) is 5.16 Å². The van der Waals surface area contributed by atoms with Crippen molar-refractivity contribution in [1.29, 1.82) is 0 Å². The first kappa shape index (κ1) is 21.3. The Hall–Kier alpha value is -3.92. The summed E-state index contributed by atoms with van der Waals surface area (Å²) in [5.41, 5.74) is 0.965. The molecule has 1 N–H and O–H groups in total. The van der Waals surface area contributed by atoms with E-state index >= 15 is 0 Å². The van der Waals surface area contributed by atoms with Crippen LogP contribution in [-0.2, 0) is 11.3 Å². The summed E-state index contributed by atoms with van der Waals surface area (Å²) in [6.45, 7) is 1.75. The molecule has 0 aliphatic carbocycles. The Labute approximate surface area is 186 Å². The van der Waals surface area contributed by atoms with E-state index in [0.717, 1.165) is 11.8 Å². The van der Waals surface area contributed by atoms with Crippen molar-refractivity contribution < 1.29 is 14.1 Å². The number of para-hydroxylation sites is 1. The average molecular weight is 450 g/mol. The van der Waals surface area contributed by atoms with Gasteiger partial charge in [-0.25, -0.2) is 4.98 Å². The van der Waals surface area contributed by atoms with Gasteiger partial charge < -0.3 is 9.73 Å². The number of carbonyl (C=O) groups excluding carboxylic acids is 1. The van der Waals surface area contributed by atoms with Crippen molar-refractivity contribution in [2.24, 2.45) is 0 Å². The molecular weight excluding hydrogens is 432 g/mol. The lowest BCUT2D eigenvalue weighted by molar-refractivity contribution is -0.385. The van der Waals surface area contributed by atoms with Crippen molar-refractivity contribution in [3.8, 4) is 0 Å². The van der Waals surface area contributed by atoms with Crippen LogP contribution in [0.5, 0.6) is 0 Å². The molecule has 0 saturated heterocycles. The van der Waals surface area contributed by atoms with Crippen molar-refractivity contribution in [1.82, 2.24) is 9.55 Å². The third-order valence-electron chi connectivity index (χ3n) is 4.83. The molecule has 0 atom stereocenters. The maximum atomic E-state index is 13.1. The van der Waals surface area contributed by atoms with Gasteiger partial charge in [-0.15, -0.1) is 0 Å². The summed E-state index contributed by atoms with van der Waals surface area (Å²) in [5, 5.41) is 14.7. The summed E-state index contributed by atoms with van der Waals surface area (Å²) in [6.07, 6.45) is 1.52. The van der Waals surface area contributed by atoms with Crippen LogP contribution >= 0.6 is 11.8 Å². The van der Waals surface area contributed by atoms with Crippen LogP contribution in [0.4, 0.5) is 11.4 Å². The number of amides is 1. The van der Waals surface area contributed by atoms with Crippen molar-refractivity contribution >= 4 is 39.9 Å². The fourth-order valence-corrected chi connectivity index (χ4v) is 4.03. The summed E-state index contributed by atoms with van der Waals surface area (Å²) in [6, 6.07) is 15.0. The normalized spacial score (nSPS) is 10.9. The number of anilines is 1. The van der Waals surface area contributed by atoms with E-state index in [0.29, 0.717) is 33.1 Å². The Morgan fingerprint density at radius 1 is 1.19 bits per heavy atom. The monoisotopic (exact) mass is 450 g/mol. The van der Waals surface area contributed by atoms with Gasteiger partial charge in [-0.3, -0.25) is 24.3 Å². The largest absolute Gasteiger partial charge is 0.467 e. The van der Waals surface area contributed by atoms with E-state index in [-0.39, 0.29) is 29.5 Å². The summed E-state index contributed by atoms with van der Waals surface area (Å²) < 4.78 is 6.85. The molecule has 10 heteroatoms. The van der Waals surface area contributed by atoms with Crippen LogP contribution in [0, 0.1) is 17.0 Å². The van der Waals surface area contributed by atoms with E-state index in [1.165, 1.54) is 23.0 Å². The molecule has 4 aromatic rings. The predicted octanol–water partition coefficient (Wildman–Crippen LogP) is 3.99. The number of aromatic nitrogens is 2. The summed E-state index contributed by atoms with van der Waals surface area (Å²) >= 11 is 1.11. The van der Waals surface area contributed by atoms with E-state index < -0.39 is 4.92 Å². The Morgan fingerprint density at radius 3 is 2.75 bits per heavy atom. The fourth-order valence-electron chi connectivity index (χ4n) is 3.23. The number of benzene rings is 2. The lowest BCUT2D eigenvalue weighted by Crippen LogP contribution is -2.24.